The van der Waals surface area contributed by atoms with Crippen LogP contribution in [-0.2, 0) is 19.1 Å². The van der Waals surface area contributed by atoms with Crippen LogP contribution in [0.2, 0.25) is 0 Å². The lowest BCUT2D eigenvalue weighted by Gasteiger charge is -2.38. The molecule has 2 aliphatic heterocycles. The van der Waals surface area contributed by atoms with E-state index >= 15 is 0 Å². The van der Waals surface area contributed by atoms with E-state index in [4.69, 9.17) is 23.7 Å². The van der Waals surface area contributed by atoms with Gasteiger partial charge in [-0.25, -0.2) is 9.59 Å². The number of cyclic esters (lactones) is 2. The summed E-state index contributed by atoms with van der Waals surface area (Å²) in [6, 6.07) is 13.8. The summed E-state index contributed by atoms with van der Waals surface area (Å²) in [6.07, 6.45) is 0.541. The van der Waals surface area contributed by atoms with Gasteiger partial charge >= 0.3 is 17.9 Å². The second kappa shape index (κ2) is 9.90. The molecule has 2 aliphatic rings. The molecule has 0 spiro atoms. The standard InChI is InChI=1S/C29H30N2O8S/c1-15-12-17(24-13-19-23(40-24)9-8-22(35-3)26(19)36-4)10-11-31(15)25-14-18-20(30-25)6-5-7-21(18)37-29(16(2)32)38-27(33)28(34)39-29/h5-9,13-17,30,32H,10-12H2,1-4H3/t15-,16-,17-/m0/s1. The van der Waals surface area contributed by atoms with Gasteiger partial charge in [0, 0.05) is 32.9 Å². The Morgan fingerprint density at radius 3 is 2.52 bits per heavy atom. The number of esters is 2. The van der Waals surface area contributed by atoms with Crippen LogP contribution in [0, 0.1) is 0 Å². The number of piperidine rings is 1. The van der Waals surface area contributed by atoms with E-state index in [9.17, 15) is 14.7 Å². The van der Waals surface area contributed by atoms with E-state index < -0.39 is 24.0 Å². The van der Waals surface area contributed by atoms with E-state index in [1.54, 1.807) is 37.7 Å². The largest absolute Gasteiger partial charge is 0.493 e. The van der Waals surface area contributed by atoms with Gasteiger partial charge in [-0.3, -0.25) is 0 Å². The van der Waals surface area contributed by atoms with Crippen LogP contribution < -0.4 is 19.1 Å². The van der Waals surface area contributed by atoms with Gasteiger partial charge in [-0.15, -0.1) is 11.3 Å². The minimum atomic E-state index is -2.23. The number of H-pyrrole nitrogens is 1. The van der Waals surface area contributed by atoms with Gasteiger partial charge in [-0.2, -0.15) is 0 Å². The van der Waals surface area contributed by atoms with Crippen LogP contribution in [0.4, 0.5) is 5.82 Å². The molecule has 2 aromatic heterocycles. The molecule has 6 rings (SSSR count). The fraction of sp³-hybridized carbons (Fsp3) is 0.379. The molecule has 0 saturated carbocycles. The number of hydrogen-bond donors (Lipinski definition) is 2. The average Bonchev–Trinajstić information content (AvgIpc) is 3.64. The van der Waals surface area contributed by atoms with Crippen molar-refractivity contribution in [3.05, 3.63) is 47.3 Å². The topological polar surface area (TPSA) is 120 Å². The molecule has 2 aromatic carbocycles. The Bertz CT molecular complexity index is 1590. The molecular weight excluding hydrogens is 536 g/mol. The van der Waals surface area contributed by atoms with Crippen molar-refractivity contribution in [2.45, 2.75) is 50.7 Å². The minimum absolute atomic E-state index is 0.248. The number of ether oxygens (including phenoxy) is 5. The number of rotatable bonds is 7. The van der Waals surface area contributed by atoms with E-state index in [0.717, 1.165) is 47.6 Å². The molecule has 4 aromatic rings. The predicted molar refractivity (Wildman–Crippen MR) is 149 cm³/mol. The van der Waals surface area contributed by atoms with Crippen LogP contribution in [0.1, 0.15) is 37.5 Å². The van der Waals surface area contributed by atoms with Gasteiger partial charge in [0.05, 0.1) is 19.7 Å². The number of nitrogens with one attached hydrogen (secondary N) is 1. The highest BCUT2D eigenvalue weighted by atomic mass is 32.1. The van der Waals surface area contributed by atoms with Gasteiger partial charge in [0.2, 0.25) is 0 Å². The first-order valence-electron chi connectivity index (χ1n) is 13.1. The molecule has 0 bridgehead atoms. The van der Waals surface area contributed by atoms with E-state index in [1.165, 1.54) is 16.5 Å². The molecule has 210 valence electrons. The van der Waals surface area contributed by atoms with Crippen molar-refractivity contribution in [1.29, 1.82) is 0 Å². The van der Waals surface area contributed by atoms with Crippen molar-refractivity contribution >= 4 is 50.1 Å². The normalized spacial score (nSPS) is 21.4. The Labute approximate surface area is 234 Å². The number of anilines is 1. The molecule has 11 heteroatoms. The molecule has 2 fully saturated rings. The van der Waals surface area contributed by atoms with Crippen molar-refractivity contribution in [2.75, 3.05) is 25.7 Å². The third-order valence-corrected chi connectivity index (χ3v) is 8.92. The number of aromatic nitrogens is 1. The Hall–Kier alpha value is -3.96. The smallest absolute Gasteiger partial charge is 0.449 e. The molecule has 3 atom stereocenters. The summed E-state index contributed by atoms with van der Waals surface area (Å²) in [6.45, 7) is 4.38. The Kier molecular flexibility index (Phi) is 6.50. The lowest BCUT2D eigenvalue weighted by atomic mass is 9.90. The highest BCUT2D eigenvalue weighted by Crippen LogP contribution is 2.45. The third-order valence-electron chi connectivity index (χ3n) is 7.66. The minimum Gasteiger partial charge on any atom is -0.493 e. The fourth-order valence-corrected chi connectivity index (χ4v) is 6.83. The summed E-state index contributed by atoms with van der Waals surface area (Å²) < 4.78 is 28.2. The SMILES string of the molecule is COc1ccc2sc([C@H]3CCN(c4cc5c(OC6([C@H](C)O)OC(=O)C(=O)O6)cccc5[nH]4)[C@@H](C)C3)cc2c1OC. The Morgan fingerprint density at radius 2 is 1.85 bits per heavy atom. The van der Waals surface area contributed by atoms with Crippen LogP contribution >= 0.6 is 11.3 Å². The molecule has 0 aliphatic carbocycles. The first-order chi connectivity index (χ1) is 19.2. The van der Waals surface area contributed by atoms with Crippen LogP contribution in [-0.4, -0.2) is 60.9 Å². The molecule has 0 radical (unpaired) electrons. The number of aromatic amines is 1. The van der Waals surface area contributed by atoms with E-state index in [-0.39, 0.29) is 6.04 Å². The van der Waals surface area contributed by atoms with E-state index in [2.05, 4.69) is 28.9 Å². The maximum absolute atomic E-state index is 11.7. The summed E-state index contributed by atoms with van der Waals surface area (Å²) >= 11 is 1.80. The van der Waals surface area contributed by atoms with Crippen LogP contribution in [0.15, 0.2) is 42.5 Å². The van der Waals surface area contributed by atoms with Gasteiger partial charge < -0.3 is 38.7 Å². The zero-order valence-corrected chi connectivity index (χ0v) is 23.4. The van der Waals surface area contributed by atoms with Gasteiger partial charge in [-0.1, -0.05) is 6.07 Å². The lowest BCUT2D eigenvalue weighted by Crippen LogP contribution is -2.47. The quantitative estimate of drug-likeness (QED) is 0.243. The number of hydrogen-bond acceptors (Lipinski definition) is 10. The summed E-state index contributed by atoms with van der Waals surface area (Å²) in [5.41, 5.74) is 0.795. The number of thiophene rings is 1. The molecule has 2 N–H and O–H groups in total. The average molecular weight is 567 g/mol. The molecule has 2 saturated heterocycles. The number of methoxy groups -OCH3 is 2. The molecule has 0 amide bonds. The van der Waals surface area contributed by atoms with Crippen molar-refractivity contribution in [1.82, 2.24) is 4.98 Å². The number of nitrogens with zero attached hydrogens (tertiary/aromatic N) is 1. The zero-order valence-electron chi connectivity index (χ0n) is 22.6. The predicted octanol–water partition coefficient (Wildman–Crippen LogP) is 4.69. The van der Waals surface area contributed by atoms with E-state index in [0.29, 0.717) is 17.1 Å². The second-order valence-electron chi connectivity index (χ2n) is 10.2. The monoisotopic (exact) mass is 566 g/mol. The van der Waals surface area contributed by atoms with Gasteiger partial charge in [-0.05, 0) is 69.0 Å². The first-order valence-corrected chi connectivity index (χ1v) is 13.9. The number of aliphatic hydroxyl groups is 1. The number of benzene rings is 2. The fourth-order valence-electron chi connectivity index (χ4n) is 5.62. The number of carbonyl (C=O) groups is 2. The number of carbonyl (C=O) groups excluding carboxylic acids is 2. The number of fused-ring (bicyclic) bond motifs is 2. The van der Waals surface area contributed by atoms with Crippen molar-refractivity contribution in [3.63, 3.8) is 0 Å². The van der Waals surface area contributed by atoms with Crippen molar-refractivity contribution in [2.24, 2.45) is 0 Å². The van der Waals surface area contributed by atoms with Gasteiger partial charge in [0.1, 0.15) is 11.6 Å². The lowest BCUT2D eigenvalue weighted by molar-refractivity contribution is -0.313. The van der Waals surface area contributed by atoms with Gasteiger partial charge in [0.15, 0.2) is 17.6 Å². The Morgan fingerprint density at radius 1 is 1.07 bits per heavy atom. The Balaban J connectivity index is 1.24. The molecule has 40 heavy (non-hydrogen) atoms. The van der Waals surface area contributed by atoms with Crippen LogP contribution in [0.5, 0.6) is 17.2 Å². The molecule has 0 unspecified atom stereocenters. The molecular formula is C29H30N2O8S. The molecule has 10 nitrogen and oxygen atoms in total. The van der Waals surface area contributed by atoms with Crippen molar-refractivity contribution < 1.29 is 38.4 Å². The number of aliphatic hydroxyl groups excluding tert-OH is 1. The van der Waals surface area contributed by atoms with Crippen LogP contribution in [0.3, 0.4) is 0 Å². The van der Waals surface area contributed by atoms with E-state index in [1.807, 2.05) is 18.2 Å². The van der Waals surface area contributed by atoms with Gasteiger partial charge in [0.25, 0.3) is 0 Å². The van der Waals surface area contributed by atoms with Crippen LogP contribution in [0.25, 0.3) is 21.0 Å². The summed E-state index contributed by atoms with van der Waals surface area (Å²) in [7, 11) is 3.32. The summed E-state index contributed by atoms with van der Waals surface area (Å²) in [5, 5.41) is 12.0. The first kappa shape index (κ1) is 26.3. The maximum Gasteiger partial charge on any atom is 0.449 e. The zero-order chi connectivity index (χ0) is 28.2. The highest BCUT2D eigenvalue weighted by molar-refractivity contribution is 7.19. The molecule has 4 heterocycles. The summed E-state index contributed by atoms with van der Waals surface area (Å²) in [4.78, 5) is 30.6. The van der Waals surface area contributed by atoms with Crippen molar-refractivity contribution in [3.8, 4) is 17.2 Å². The third kappa shape index (κ3) is 4.29. The second-order valence-corrected chi connectivity index (χ2v) is 11.3. The summed E-state index contributed by atoms with van der Waals surface area (Å²) in [5.74, 6) is -1.52. The highest BCUT2D eigenvalue weighted by Gasteiger charge is 2.56. The maximum atomic E-state index is 11.7.